The molecule has 0 fully saturated rings. The molecular weight excluding hydrogens is 320 g/mol. The number of esters is 3. The molecule has 0 bridgehead atoms. The first-order valence-electron chi connectivity index (χ1n) is 7.52. The minimum Gasteiger partial charge on any atom is -0.459 e. The molecule has 134 valence electrons. The van der Waals surface area contributed by atoms with E-state index >= 15 is 0 Å². The summed E-state index contributed by atoms with van der Waals surface area (Å²) in [6.45, 7) is 4.41. The van der Waals surface area contributed by atoms with Gasteiger partial charge in [-0.1, -0.05) is 0 Å². The van der Waals surface area contributed by atoms with Gasteiger partial charge in [-0.05, 0) is 32.9 Å². The molecule has 0 aliphatic carbocycles. The zero-order valence-corrected chi connectivity index (χ0v) is 13.7. The third kappa shape index (κ3) is 6.93. The fourth-order valence-corrected chi connectivity index (χ4v) is 1.80. The van der Waals surface area contributed by atoms with E-state index in [1.54, 1.807) is 0 Å². The van der Waals surface area contributed by atoms with E-state index in [9.17, 15) is 24.6 Å². The van der Waals surface area contributed by atoms with Crippen molar-refractivity contribution in [2.75, 3.05) is 0 Å². The predicted molar refractivity (Wildman–Crippen MR) is 81.6 cm³/mol. The third-order valence-electron chi connectivity index (χ3n) is 3.21. The van der Waals surface area contributed by atoms with Crippen LogP contribution in [-0.2, 0) is 28.6 Å². The highest BCUT2D eigenvalue weighted by Crippen LogP contribution is 2.08. The van der Waals surface area contributed by atoms with Gasteiger partial charge in [-0.3, -0.25) is 4.79 Å². The topological polar surface area (TPSA) is 119 Å². The lowest BCUT2D eigenvalue weighted by molar-refractivity contribution is -0.157. The second-order valence-electron chi connectivity index (χ2n) is 5.49. The maximum absolute atomic E-state index is 11.7. The SMILES string of the molecule is C[C@@H]1OC(=O)C[C@H](C)OC(=O)/C=C\[C@@H](O)[C@@H](C)OC(=O)/C=C/[C@H]1O. The summed E-state index contributed by atoms with van der Waals surface area (Å²) in [4.78, 5) is 34.9. The van der Waals surface area contributed by atoms with Gasteiger partial charge in [0.15, 0.2) is 0 Å². The molecule has 1 aliphatic heterocycles. The van der Waals surface area contributed by atoms with E-state index in [0.29, 0.717) is 0 Å². The highest BCUT2D eigenvalue weighted by Gasteiger charge is 2.21. The Morgan fingerprint density at radius 1 is 0.833 bits per heavy atom. The Hall–Kier alpha value is -2.19. The van der Waals surface area contributed by atoms with E-state index in [1.807, 2.05) is 0 Å². The van der Waals surface area contributed by atoms with Crippen LogP contribution < -0.4 is 0 Å². The van der Waals surface area contributed by atoms with Gasteiger partial charge in [-0.2, -0.15) is 0 Å². The van der Waals surface area contributed by atoms with Gasteiger partial charge >= 0.3 is 17.9 Å². The molecule has 0 saturated heterocycles. The maximum atomic E-state index is 11.7. The van der Waals surface area contributed by atoms with E-state index in [0.717, 1.165) is 24.3 Å². The fourth-order valence-electron chi connectivity index (χ4n) is 1.80. The van der Waals surface area contributed by atoms with Gasteiger partial charge in [-0.15, -0.1) is 0 Å². The zero-order chi connectivity index (χ0) is 18.3. The smallest absolute Gasteiger partial charge is 0.330 e. The van der Waals surface area contributed by atoms with Gasteiger partial charge in [0.25, 0.3) is 0 Å². The van der Waals surface area contributed by atoms with Crippen LogP contribution in [0.25, 0.3) is 0 Å². The van der Waals surface area contributed by atoms with Gasteiger partial charge in [-0.25, -0.2) is 9.59 Å². The van der Waals surface area contributed by atoms with Crippen molar-refractivity contribution < 1.29 is 38.8 Å². The van der Waals surface area contributed by atoms with E-state index in [2.05, 4.69) is 0 Å². The lowest BCUT2D eigenvalue weighted by Crippen LogP contribution is -2.30. The molecule has 1 rings (SSSR count). The number of hydrogen-bond donors (Lipinski definition) is 2. The first-order valence-corrected chi connectivity index (χ1v) is 7.52. The number of carbonyl (C=O) groups is 3. The highest BCUT2D eigenvalue weighted by molar-refractivity contribution is 5.83. The van der Waals surface area contributed by atoms with Crippen molar-refractivity contribution in [2.45, 2.75) is 57.7 Å². The van der Waals surface area contributed by atoms with Crippen LogP contribution in [0, 0.1) is 0 Å². The molecule has 0 saturated carbocycles. The van der Waals surface area contributed by atoms with Crippen molar-refractivity contribution in [3.63, 3.8) is 0 Å². The Morgan fingerprint density at radius 2 is 1.29 bits per heavy atom. The Kier molecular flexibility index (Phi) is 7.60. The normalized spacial score (nSPS) is 36.2. The molecule has 5 atom stereocenters. The number of aliphatic hydroxyl groups is 2. The van der Waals surface area contributed by atoms with E-state index in [1.165, 1.54) is 20.8 Å². The minimum atomic E-state index is -1.22. The van der Waals surface area contributed by atoms with E-state index < -0.39 is 48.4 Å². The fraction of sp³-hybridized carbons (Fsp3) is 0.562. The lowest BCUT2D eigenvalue weighted by Gasteiger charge is -2.19. The molecule has 24 heavy (non-hydrogen) atoms. The monoisotopic (exact) mass is 342 g/mol. The first-order chi connectivity index (χ1) is 11.2. The molecule has 8 nitrogen and oxygen atoms in total. The molecule has 0 amide bonds. The first kappa shape index (κ1) is 19.9. The average Bonchev–Trinajstić information content (AvgIpc) is 2.48. The van der Waals surface area contributed by atoms with Gasteiger partial charge in [0.05, 0.1) is 6.42 Å². The Morgan fingerprint density at radius 3 is 1.83 bits per heavy atom. The molecule has 0 aromatic rings. The van der Waals surface area contributed by atoms with Crippen molar-refractivity contribution in [3.05, 3.63) is 24.3 Å². The van der Waals surface area contributed by atoms with Crippen LogP contribution in [-0.4, -0.2) is 58.6 Å². The summed E-state index contributed by atoms with van der Waals surface area (Å²) in [5.74, 6) is -2.22. The summed E-state index contributed by atoms with van der Waals surface area (Å²) >= 11 is 0. The third-order valence-corrected chi connectivity index (χ3v) is 3.21. The van der Waals surface area contributed by atoms with Crippen LogP contribution in [0.5, 0.6) is 0 Å². The Balaban J connectivity index is 2.91. The lowest BCUT2D eigenvalue weighted by atomic mass is 10.2. The number of cyclic esters (lactones) is 3. The minimum absolute atomic E-state index is 0.193. The zero-order valence-electron chi connectivity index (χ0n) is 13.7. The molecule has 0 radical (unpaired) electrons. The predicted octanol–water partition coefficient (Wildman–Crippen LogP) is 0.0194. The van der Waals surface area contributed by atoms with Crippen LogP contribution in [0.2, 0.25) is 0 Å². The summed E-state index contributed by atoms with van der Waals surface area (Å²) in [5, 5.41) is 19.6. The number of aliphatic hydroxyl groups excluding tert-OH is 2. The van der Waals surface area contributed by atoms with Crippen molar-refractivity contribution in [1.82, 2.24) is 0 Å². The van der Waals surface area contributed by atoms with Crippen molar-refractivity contribution in [3.8, 4) is 0 Å². The van der Waals surface area contributed by atoms with Crippen LogP contribution in [0.3, 0.4) is 0 Å². The molecule has 1 heterocycles. The average molecular weight is 342 g/mol. The maximum Gasteiger partial charge on any atom is 0.330 e. The van der Waals surface area contributed by atoms with Crippen molar-refractivity contribution in [2.24, 2.45) is 0 Å². The summed E-state index contributed by atoms with van der Waals surface area (Å²) in [6, 6.07) is 0. The molecule has 1 aliphatic rings. The van der Waals surface area contributed by atoms with Gasteiger partial charge < -0.3 is 24.4 Å². The Labute approximate surface area is 139 Å². The summed E-state index contributed by atoms with van der Waals surface area (Å²) in [5.41, 5.74) is 0. The standard InChI is InChI=1S/C16H22O8/c1-9-8-16(21)24-11(3)13(18)5-7-15(20)23-10(2)12(17)4-6-14(19)22-9/h4-7,9-13,17-18H,8H2,1-3H3/b6-4-,7-5+/t9-,10+,11-,12+,13+/m0/s1. The Bertz CT molecular complexity index is 524. The van der Waals surface area contributed by atoms with Crippen molar-refractivity contribution in [1.29, 1.82) is 0 Å². The second kappa shape index (κ2) is 9.19. The number of carbonyl (C=O) groups excluding carboxylic acids is 3. The summed E-state index contributed by atoms with van der Waals surface area (Å²) < 4.78 is 14.9. The quantitative estimate of drug-likeness (QED) is 0.467. The molecule has 2 N–H and O–H groups in total. The number of rotatable bonds is 0. The van der Waals surface area contributed by atoms with E-state index in [4.69, 9.17) is 14.2 Å². The second-order valence-corrected chi connectivity index (χ2v) is 5.49. The van der Waals surface area contributed by atoms with Gasteiger partial charge in [0.2, 0.25) is 0 Å². The molecule has 0 unspecified atom stereocenters. The van der Waals surface area contributed by atoms with Gasteiger partial charge in [0.1, 0.15) is 30.5 Å². The largest absolute Gasteiger partial charge is 0.459 e. The number of ether oxygens (including phenoxy) is 3. The van der Waals surface area contributed by atoms with E-state index in [-0.39, 0.29) is 6.42 Å². The number of hydrogen-bond acceptors (Lipinski definition) is 8. The van der Waals surface area contributed by atoms with Gasteiger partial charge in [0, 0.05) is 12.2 Å². The summed E-state index contributed by atoms with van der Waals surface area (Å²) in [7, 11) is 0. The highest BCUT2D eigenvalue weighted by atomic mass is 16.6. The van der Waals surface area contributed by atoms with Crippen LogP contribution in [0.4, 0.5) is 0 Å². The molecule has 8 heteroatoms. The molecular formula is C16H22O8. The van der Waals surface area contributed by atoms with Crippen LogP contribution in [0.15, 0.2) is 24.3 Å². The van der Waals surface area contributed by atoms with Crippen molar-refractivity contribution >= 4 is 17.9 Å². The summed E-state index contributed by atoms with van der Waals surface area (Å²) in [6.07, 6.45) is -0.961. The van der Waals surface area contributed by atoms with Crippen LogP contribution in [0.1, 0.15) is 27.2 Å². The molecule has 0 spiro atoms. The van der Waals surface area contributed by atoms with Crippen LogP contribution >= 0.6 is 0 Å². The molecule has 0 aromatic heterocycles. The molecule has 0 aromatic carbocycles.